The summed E-state index contributed by atoms with van der Waals surface area (Å²) in [4.78, 5) is 33.9. The Morgan fingerprint density at radius 1 is 1.37 bits per heavy atom. The van der Waals surface area contributed by atoms with E-state index in [1.165, 1.54) is 4.57 Å². The average Bonchev–Trinajstić information content (AvgIpc) is 2.61. The van der Waals surface area contributed by atoms with Crippen molar-refractivity contribution in [2.45, 2.75) is 33.7 Å². The molecule has 1 aromatic heterocycles. The van der Waals surface area contributed by atoms with Crippen molar-refractivity contribution in [2.75, 3.05) is 6.61 Å². The lowest BCUT2D eigenvalue weighted by Crippen LogP contribution is -2.17. The highest BCUT2D eigenvalue weighted by Crippen LogP contribution is 2.22. The molecule has 0 aromatic carbocycles. The molecule has 0 fully saturated rings. The van der Waals surface area contributed by atoms with Gasteiger partial charge >= 0.3 is 11.9 Å². The highest BCUT2D eigenvalue weighted by molar-refractivity contribution is 5.98. The molecule has 1 N–H and O–H groups in total. The second-order valence-electron chi connectivity index (χ2n) is 4.00. The molecular formula is C13H17NO5. The van der Waals surface area contributed by atoms with Crippen molar-refractivity contribution >= 4 is 18.2 Å². The number of carbonyl (C=O) groups excluding carboxylic acids is 2. The van der Waals surface area contributed by atoms with E-state index in [1.54, 1.807) is 13.8 Å². The van der Waals surface area contributed by atoms with Crippen LogP contribution in [-0.4, -0.2) is 34.5 Å². The fourth-order valence-electron chi connectivity index (χ4n) is 2.18. The molecule has 104 valence electrons. The standard InChI is InChI=1S/C13H17NO5/c1-4-9-8(3)12(13(17)18)10(7-15)14(9)6-11(16)19-5-2/h7H,4-6H2,1-3H3,(H,17,18). The summed E-state index contributed by atoms with van der Waals surface area (Å²) in [7, 11) is 0. The van der Waals surface area contributed by atoms with E-state index in [4.69, 9.17) is 9.84 Å². The van der Waals surface area contributed by atoms with Gasteiger partial charge < -0.3 is 14.4 Å². The Morgan fingerprint density at radius 2 is 2.00 bits per heavy atom. The maximum Gasteiger partial charge on any atom is 0.338 e. The molecule has 0 unspecified atom stereocenters. The van der Waals surface area contributed by atoms with Gasteiger partial charge in [-0.25, -0.2) is 4.79 Å². The lowest BCUT2D eigenvalue weighted by Gasteiger charge is -2.09. The van der Waals surface area contributed by atoms with E-state index in [-0.39, 0.29) is 24.4 Å². The molecule has 0 aliphatic rings. The normalized spacial score (nSPS) is 10.3. The fourth-order valence-corrected chi connectivity index (χ4v) is 2.18. The summed E-state index contributed by atoms with van der Waals surface area (Å²) in [6.07, 6.45) is 0.994. The molecule has 1 rings (SSSR count). The molecule has 0 atom stereocenters. The largest absolute Gasteiger partial charge is 0.478 e. The van der Waals surface area contributed by atoms with Crippen LogP contribution in [-0.2, 0) is 22.5 Å². The molecule has 0 aliphatic heterocycles. The Bertz CT molecular complexity index is 516. The molecule has 1 aromatic rings. The summed E-state index contributed by atoms with van der Waals surface area (Å²) in [5.41, 5.74) is 1.14. The molecule has 1 heterocycles. The SMILES string of the molecule is CCOC(=O)Cn1c(C=O)c(C(=O)O)c(C)c1CC. The lowest BCUT2D eigenvalue weighted by molar-refractivity contribution is -0.143. The second-order valence-corrected chi connectivity index (χ2v) is 4.00. The van der Waals surface area contributed by atoms with Crippen molar-refractivity contribution in [3.8, 4) is 0 Å². The third-order valence-corrected chi connectivity index (χ3v) is 2.93. The number of esters is 1. The second kappa shape index (κ2) is 6.17. The van der Waals surface area contributed by atoms with E-state index in [0.717, 1.165) is 0 Å². The number of carbonyl (C=O) groups is 3. The predicted molar refractivity (Wildman–Crippen MR) is 67.5 cm³/mol. The van der Waals surface area contributed by atoms with E-state index in [0.29, 0.717) is 24.0 Å². The van der Waals surface area contributed by atoms with Gasteiger partial charge in [0.2, 0.25) is 0 Å². The van der Waals surface area contributed by atoms with E-state index >= 15 is 0 Å². The lowest BCUT2D eigenvalue weighted by atomic mass is 10.1. The van der Waals surface area contributed by atoms with Crippen LogP contribution in [0.4, 0.5) is 0 Å². The van der Waals surface area contributed by atoms with Crippen LogP contribution in [0.1, 0.15) is 46.0 Å². The first-order valence-electron chi connectivity index (χ1n) is 6.03. The zero-order chi connectivity index (χ0) is 14.6. The summed E-state index contributed by atoms with van der Waals surface area (Å²) in [5, 5.41) is 9.16. The van der Waals surface area contributed by atoms with Crippen LogP contribution in [0, 0.1) is 6.92 Å². The van der Waals surface area contributed by atoms with Crippen LogP contribution in [0.25, 0.3) is 0 Å². The fraction of sp³-hybridized carbons (Fsp3) is 0.462. The summed E-state index contributed by atoms with van der Waals surface area (Å²) in [6, 6.07) is 0. The molecule has 6 nitrogen and oxygen atoms in total. The third kappa shape index (κ3) is 2.83. The van der Waals surface area contributed by atoms with E-state index in [1.807, 2.05) is 6.92 Å². The maximum absolute atomic E-state index is 11.5. The number of hydrogen-bond donors (Lipinski definition) is 1. The number of carboxylic acids is 1. The van der Waals surface area contributed by atoms with Crippen LogP contribution >= 0.6 is 0 Å². The molecule has 0 amide bonds. The Labute approximate surface area is 111 Å². The minimum absolute atomic E-state index is 0.00917. The third-order valence-electron chi connectivity index (χ3n) is 2.93. The first-order valence-corrected chi connectivity index (χ1v) is 6.03. The van der Waals surface area contributed by atoms with Gasteiger partial charge in [0.05, 0.1) is 17.9 Å². The van der Waals surface area contributed by atoms with E-state index < -0.39 is 11.9 Å². The summed E-state index contributed by atoms with van der Waals surface area (Å²) < 4.78 is 6.25. The number of aromatic carboxylic acids is 1. The number of nitrogens with zero attached hydrogens (tertiary/aromatic N) is 1. The maximum atomic E-state index is 11.5. The van der Waals surface area contributed by atoms with E-state index in [2.05, 4.69) is 0 Å². The number of carboxylic acid groups (broad SMARTS) is 1. The Kier molecular flexibility index (Phi) is 4.86. The van der Waals surface area contributed by atoms with Crippen LogP contribution < -0.4 is 0 Å². The van der Waals surface area contributed by atoms with Crippen LogP contribution in [0.5, 0.6) is 0 Å². The van der Waals surface area contributed by atoms with Crippen molar-refractivity contribution in [1.29, 1.82) is 0 Å². The van der Waals surface area contributed by atoms with Gasteiger partial charge in [-0.05, 0) is 25.8 Å². The average molecular weight is 267 g/mol. The molecular weight excluding hydrogens is 250 g/mol. The predicted octanol–water partition coefficient (Wildman–Crippen LogP) is 1.43. The quantitative estimate of drug-likeness (QED) is 0.622. The molecule has 0 radical (unpaired) electrons. The molecule has 0 saturated heterocycles. The number of hydrogen-bond acceptors (Lipinski definition) is 4. The first-order chi connectivity index (χ1) is 8.97. The van der Waals surface area contributed by atoms with Crippen LogP contribution in [0.15, 0.2) is 0 Å². The van der Waals surface area contributed by atoms with Crippen molar-refractivity contribution in [3.05, 3.63) is 22.5 Å². The van der Waals surface area contributed by atoms with Gasteiger partial charge in [0.25, 0.3) is 0 Å². The van der Waals surface area contributed by atoms with Gasteiger partial charge in [0, 0.05) is 5.69 Å². The zero-order valence-corrected chi connectivity index (χ0v) is 11.2. The minimum Gasteiger partial charge on any atom is -0.478 e. The summed E-state index contributed by atoms with van der Waals surface area (Å²) in [5.74, 6) is -1.66. The number of rotatable bonds is 6. The first kappa shape index (κ1) is 14.9. The highest BCUT2D eigenvalue weighted by atomic mass is 16.5. The topological polar surface area (TPSA) is 85.6 Å². The number of aromatic nitrogens is 1. The van der Waals surface area contributed by atoms with Gasteiger partial charge in [0.1, 0.15) is 6.54 Å². The van der Waals surface area contributed by atoms with Crippen molar-refractivity contribution in [3.63, 3.8) is 0 Å². The molecule has 0 saturated carbocycles. The van der Waals surface area contributed by atoms with Gasteiger partial charge in [-0.1, -0.05) is 6.92 Å². The Hall–Kier alpha value is -2.11. The zero-order valence-electron chi connectivity index (χ0n) is 11.2. The van der Waals surface area contributed by atoms with Gasteiger partial charge in [-0.2, -0.15) is 0 Å². The van der Waals surface area contributed by atoms with Gasteiger partial charge in [-0.15, -0.1) is 0 Å². The monoisotopic (exact) mass is 267 g/mol. The summed E-state index contributed by atoms with van der Waals surface area (Å²) in [6.45, 7) is 5.24. The number of aldehydes is 1. The molecule has 0 bridgehead atoms. The van der Waals surface area contributed by atoms with Crippen LogP contribution in [0.2, 0.25) is 0 Å². The smallest absolute Gasteiger partial charge is 0.338 e. The summed E-state index contributed by atoms with van der Waals surface area (Å²) >= 11 is 0. The van der Waals surface area contributed by atoms with E-state index in [9.17, 15) is 14.4 Å². The Balaban J connectivity index is 3.36. The highest BCUT2D eigenvalue weighted by Gasteiger charge is 2.24. The van der Waals surface area contributed by atoms with Gasteiger partial charge in [-0.3, -0.25) is 9.59 Å². The Morgan fingerprint density at radius 3 is 2.42 bits per heavy atom. The molecule has 6 heteroatoms. The van der Waals surface area contributed by atoms with Crippen molar-refractivity contribution in [1.82, 2.24) is 4.57 Å². The number of ether oxygens (including phenoxy) is 1. The molecule has 0 spiro atoms. The minimum atomic E-state index is -1.17. The van der Waals surface area contributed by atoms with Crippen molar-refractivity contribution < 1.29 is 24.2 Å². The van der Waals surface area contributed by atoms with Crippen LogP contribution in [0.3, 0.4) is 0 Å². The molecule has 0 aliphatic carbocycles. The van der Waals surface area contributed by atoms with Gasteiger partial charge in [0.15, 0.2) is 6.29 Å². The van der Waals surface area contributed by atoms with Crippen molar-refractivity contribution in [2.24, 2.45) is 0 Å². The molecule has 19 heavy (non-hydrogen) atoms.